The molecule has 0 amide bonds. The quantitative estimate of drug-likeness (QED) is 0.159. The summed E-state index contributed by atoms with van der Waals surface area (Å²) >= 11 is 1.65. The molecule has 4 heterocycles. The third kappa shape index (κ3) is 6.94. The molecule has 5 aromatic carbocycles. The van der Waals surface area contributed by atoms with E-state index in [9.17, 15) is 0 Å². The van der Waals surface area contributed by atoms with Gasteiger partial charge in [0.15, 0.2) is 5.82 Å². The van der Waals surface area contributed by atoms with Crippen LogP contribution in [0.25, 0.3) is 88.9 Å². The van der Waals surface area contributed by atoms with Gasteiger partial charge in [-0.25, -0.2) is 9.97 Å². The van der Waals surface area contributed by atoms with E-state index in [0.29, 0.717) is 5.82 Å². The van der Waals surface area contributed by atoms with Gasteiger partial charge in [0.05, 0.1) is 16.3 Å². The molecule has 0 fully saturated rings. The third-order valence-electron chi connectivity index (χ3n) is 9.37. The maximum Gasteiger partial charge on any atom is 0.170 e. The van der Waals surface area contributed by atoms with Gasteiger partial charge in [-0.2, -0.15) is 0 Å². The lowest BCUT2D eigenvalue weighted by atomic mass is 9.92. The monoisotopic (exact) mass is 696 g/mol. The zero-order chi connectivity index (χ0) is 35.4. The van der Waals surface area contributed by atoms with Gasteiger partial charge >= 0.3 is 0 Å². The Morgan fingerprint density at radius 1 is 0.321 bits per heavy atom. The van der Waals surface area contributed by atoms with E-state index in [4.69, 9.17) is 9.97 Å². The number of rotatable bonds is 8. The first-order valence-electron chi connectivity index (χ1n) is 17.5. The van der Waals surface area contributed by atoms with Crippen molar-refractivity contribution in [1.29, 1.82) is 0 Å². The number of hydrogen-bond acceptors (Lipinski definition) is 5. The van der Waals surface area contributed by atoms with E-state index < -0.39 is 0 Å². The van der Waals surface area contributed by atoms with Crippen molar-refractivity contribution < 1.29 is 0 Å². The van der Waals surface area contributed by atoms with Crippen LogP contribution >= 0.6 is 11.3 Å². The van der Waals surface area contributed by atoms with Crippen molar-refractivity contribution in [3.63, 3.8) is 0 Å². The fourth-order valence-electron chi connectivity index (χ4n) is 6.66. The van der Waals surface area contributed by atoms with Gasteiger partial charge in [-0.05, 0) is 104 Å². The molecule has 0 saturated heterocycles. The summed E-state index contributed by atoms with van der Waals surface area (Å²) in [6, 6.07) is 57.6. The number of benzene rings is 5. The highest BCUT2D eigenvalue weighted by molar-refractivity contribution is 7.13. The first-order valence-corrected chi connectivity index (χ1v) is 18.4. The van der Waals surface area contributed by atoms with Crippen molar-refractivity contribution >= 4 is 11.3 Å². The van der Waals surface area contributed by atoms with Gasteiger partial charge in [0.1, 0.15) is 0 Å². The van der Waals surface area contributed by atoms with Crippen molar-refractivity contribution in [3.05, 3.63) is 194 Å². The smallest absolute Gasteiger partial charge is 0.170 e. The Labute approximate surface area is 312 Å². The zero-order valence-electron chi connectivity index (χ0n) is 28.7. The van der Waals surface area contributed by atoms with Crippen molar-refractivity contribution in [2.75, 3.05) is 0 Å². The van der Waals surface area contributed by atoms with E-state index in [2.05, 4.69) is 155 Å². The molecule has 5 heteroatoms. The molecular weight excluding hydrogens is 665 g/mol. The minimum atomic E-state index is 0.712. The number of thiophene rings is 1. The molecule has 4 aromatic heterocycles. The zero-order valence-corrected chi connectivity index (χ0v) is 29.5. The van der Waals surface area contributed by atoms with Crippen LogP contribution in [0.3, 0.4) is 0 Å². The van der Waals surface area contributed by atoms with Gasteiger partial charge in [-0.15, -0.1) is 11.3 Å². The van der Waals surface area contributed by atoms with Crippen LogP contribution in [0.5, 0.6) is 0 Å². The lowest BCUT2D eigenvalue weighted by Crippen LogP contribution is -1.96. The Hall–Kier alpha value is -6.82. The number of aromatic nitrogens is 4. The first-order chi connectivity index (χ1) is 26.2. The molecule has 0 aliphatic heterocycles. The fraction of sp³-hybridized carbons (Fsp3) is 0. The Kier molecular flexibility index (Phi) is 8.74. The number of nitrogens with zero attached hydrogens (tertiary/aromatic N) is 4. The van der Waals surface area contributed by atoms with Crippen molar-refractivity contribution in [2.45, 2.75) is 0 Å². The second-order valence-corrected chi connectivity index (χ2v) is 13.8. The van der Waals surface area contributed by atoms with Crippen molar-refractivity contribution in [2.24, 2.45) is 0 Å². The molecule has 0 aliphatic rings. The maximum atomic E-state index is 5.22. The van der Waals surface area contributed by atoms with Crippen LogP contribution in [0.15, 0.2) is 194 Å². The fourth-order valence-corrected chi connectivity index (χ4v) is 7.31. The first kappa shape index (κ1) is 32.1. The SMILES string of the molecule is c1ccc(-c2ccc(-c3cc(-c4cc(-c5cccc(-c6cccnc6)c5)cc(-c5cccc(-c6cccnc6)c5)c4)nc(-c4cccs4)n3)cc2)cc1. The van der Waals surface area contributed by atoms with Crippen LogP contribution in [0.1, 0.15) is 0 Å². The lowest BCUT2D eigenvalue weighted by Gasteiger charge is -2.14. The normalized spacial score (nSPS) is 11.0. The molecular formula is C48H32N4S. The predicted molar refractivity (Wildman–Crippen MR) is 219 cm³/mol. The molecule has 0 aliphatic carbocycles. The molecule has 0 unspecified atom stereocenters. The van der Waals surface area contributed by atoms with E-state index >= 15 is 0 Å². The number of pyridine rings is 2. The Morgan fingerprint density at radius 2 is 0.792 bits per heavy atom. The molecule has 250 valence electrons. The molecule has 9 rings (SSSR count). The van der Waals surface area contributed by atoms with Crippen LogP contribution in [-0.2, 0) is 0 Å². The summed E-state index contributed by atoms with van der Waals surface area (Å²) in [7, 11) is 0. The van der Waals surface area contributed by atoms with Gasteiger partial charge in [-0.1, -0.05) is 109 Å². The Balaban J connectivity index is 1.21. The van der Waals surface area contributed by atoms with E-state index in [0.717, 1.165) is 71.9 Å². The summed E-state index contributed by atoms with van der Waals surface area (Å²) < 4.78 is 0. The van der Waals surface area contributed by atoms with E-state index in [1.807, 2.05) is 36.7 Å². The van der Waals surface area contributed by atoms with Crippen LogP contribution in [0, 0.1) is 0 Å². The summed E-state index contributed by atoms with van der Waals surface area (Å²) in [6.07, 6.45) is 7.43. The topological polar surface area (TPSA) is 51.6 Å². The van der Waals surface area contributed by atoms with Crippen LogP contribution in [0.4, 0.5) is 0 Å². The Bertz CT molecular complexity index is 2540. The molecule has 0 N–H and O–H groups in total. The van der Waals surface area contributed by atoms with Crippen molar-refractivity contribution in [1.82, 2.24) is 19.9 Å². The highest BCUT2D eigenvalue weighted by Gasteiger charge is 2.15. The summed E-state index contributed by atoms with van der Waals surface area (Å²) in [4.78, 5) is 20.1. The highest BCUT2D eigenvalue weighted by Crippen LogP contribution is 2.37. The van der Waals surface area contributed by atoms with E-state index in [-0.39, 0.29) is 0 Å². The van der Waals surface area contributed by atoms with Gasteiger partial charge in [0, 0.05) is 47.0 Å². The highest BCUT2D eigenvalue weighted by atomic mass is 32.1. The predicted octanol–water partition coefficient (Wildman–Crippen LogP) is 12.7. The van der Waals surface area contributed by atoms with Gasteiger partial charge in [0.25, 0.3) is 0 Å². The minimum absolute atomic E-state index is 0.712. The molecule has 9 aromatic rings. The largest absolute Gasteiger partial charge is 0.264 e. The standard InChI is InChI=1S/C48H32N4S/c1-2-9-33(10-3-1)34-18-20-35(21-19-34)45-30-46(52-48(51-45)47-17-8-24-53-47)44-28-42(38-13-4-11-36(25-38)40-15-6-22-49-31-40)27-43(29-44)39-14-5-12-37(26-39)41-16-7-23-50-32-41/h1-32H. The summed E-state index contributed by atoms with van der Waals surface area (Å²) in [5, 5.41) is 2.07. The maximum absolute atomic E-state index is 5.22. The second-order valence-electron chi connectivity index (χ2n) is 12.8. The van der Waals surface area contributed by atoms with E-state index in [1.54, 1.807) is 23.7 Å². The van der Waals surface area contributed by atoms with Crippen molar-refractivity contribution in [3.8, 4) is 88.9 Å². The van der Waals surface area contributed by atoms with Gasteiger partial charge in [0.2, 0.25) is 0 Å². The summed E-state index contributed by atoms with van der Waals surface area (Å²) in [6.45, 7) is 0. The third-order valence-corrected chi connectivity index (χ3v) is 10.2. The number of hydrogen-bond donors (Lipinski definition) is 0. The second kappa shape index (κ2) is 14.4. The Morgan fingerprint density at radius 3 is 1.34 bits per heavy atom. The van der Waals surface area contributed by atoms with Crippen LogP contribution in [-0.4, -0.2) is 19.9 Å². The average Bonchev–Trinajstić information content (AvgIpc) is 3.80. The summed E-state index contributed by atoms with van der Waals surface area (Å²) in [5.41, 5.74) is 15.0. The molecule has 0 bridgehead atoms. The molecule has 0 saturated carbocycles. The molecule has 0 radical (unpaired) electrons. The molecule has 4 nitrogen and oxygen atoms in total. The van der Waals surface area contributed by atoms with E-state index in [1.165, 1.54) is 11.1 Å². The van der Waals surface area contributed by atoms with Gasteiger partial charge in [-0.3, -0.25) is 9.97 Å². The molecule has 53 heavy (non-hydrogen) atoms. The van der Waals surface area contributed by atoms with Crippen LogP contribution < -0.4 is 0 Å². The van der Waals surface area contributed by atoms with Crippen LogP contribution in [0.2, 0.25) is 0 Å². The summed E-state index contributed by atoms with van der Waals surface area (Å²) in [5.74, 6) is 0.712. The molecule has 0 spiro atoms. The minimum Gasteiger partial charge on any atom is -0.264 e. The lowest BCUT2D eigenvalue weighted by molar-refractivity contribution is 1.19. The molecule has 0 atom stereocenters. The van der Waals surface area contributed by atoms with Gasteiger partial charge < -0.3 is 0 Å². The average molecular weight is 697 g/mol.